The molecular weight excluding hydrogens is 214 g/mol. The summed E-state index contributed by atoms with van der Waals surface area (Å²) in [6, 6.07) is 0. The molecule has 0 aliphatic heterocycles. The lowest BCUT2D eigenvalue weighted by atomic mass is 10.0. The topological polar surface area (TPSA) is 55.5 Å². The van der Waals surface area contributed by atoms with Crippen LogP contribution < -0.4 is 5.73 Å². The molecule has 1 unspecified atom stereocenters. The van der Waals surface area contributed by atoms with Crippen molar-refractivity contribution in [1.29, 1.82) is 0 Å². The minimum atomic E-state index is -0.897. The van der Waals surface area contributed by atoms with Crippen molar-refractivity contribution in [3.63, 3.8) is 0 Å². The molecule has 1 fully saturated rings. The molecule has 0 aromatic carbocycles. The summed E-state index contributed by atoms with van der Waals surface area (Å²) in [7, 11) is 0. The van der Waals surface area contributed by atoms with E-state index in [-0.39, 0.29) is 6.10 Å². The van der Waals surface area contributed by atoms with Crippen LogP contribution in [0.2, 0.25) is 0 Å². The summed E-state index contributed by atoms with van der Waals surface area (Å²) in [5.74, 6) is 0. The van der Waals surface area contributed by atoms with Gasteiger partial charge in [0.15, 0.2) is 6.29 Å². The first-order chi connectivity index (χ1) is 8.19. The molecule has 0 saturated heterocycles. The molecule has 0 aromatic rings. The maximum absolute atomic E-state index is 10.00. The van der Waals surface area contributed by atoms with E-state index in [9.17, 15) is 5.11 Å². The quantitative estimate of drug-likeness (QED) is 0.673. The van der Waals surface area contributed by atoms with Gasteiger partial charge in [-0.2, -0.15) is 0 Å². The third-order valence-electron chi connectivity index (χ3n) is 3.40. The number of aliphatic hydroxyl groups is 1. The lowest BCUT2D eigenvalue weighted by molar-refractivity contribution is -0.110. The summed E-state index contributed by atoms with van der Waals surface area (Å²) in [6.07, 6.45) is 7.88. The molecule has 0 bridgehead atoms. The van der Waals surface area contributed by atoms with Gasteiger partial charge in [0, 0.05) is 0 Å². The van der Waals surface area contributed by atoms with E-state index in [1.807, 2.05) is 0 Å². The van der Waals surface area contributed by atoms with Crippen molar-refractivity contribution in [2.45, 2.75) is 77.6 Å². The Labute approximate surface area is 105 Å². The molecule has 0 aromatic heterocycles. The van der Waals surface area contributed by atoms with Crippen LogP contribution in [0.1, 0.15) is 65.2 Å². The highest BCUT2D eigenvalue weighted by Gasteiger charge is 2.21. The Hall–Kier alpha value is -0.540. The smallest absolute Gasteiger partial charge is 0.196 e. The molecule has 0 amide bonds. The Balaban J connectivity index is 2.55. The third-order valence-corrected chi connectivity index (χ3v) is 3.40. The van der Waals surface area contributed by atoms with Gasteiger partial charge < -0.3 is 15.6 Å². The Morgan fingerprint density at radius 2 is 1.76 bits per heavy atom. The number of rotatable bonds is 7. The number of nitrogens with two attached hydrogens (primary N) is 1. The number of ether oxygens (including phenoxy) is 1. The van der Waals surface area contributed by atoms with Crippen molar-refractivity contribution in [2.75, 3.05) is 0 Å². The summed E-state index contributed by atoms with van der Waals surface area (Å²) >= 11 is 0. The van der Waals surface area contributed by atoms with Gasteiger partial charge in [-0.3, -0.25) is 0 Å². The Bertz CT molecular complexity index is 237. The molecule has 1 saturated carbocycles. The van der Waals surface area contributed by atoms with E-state index in [1.54, 1.807) is 0 Å². The fraction of sp³-hybridized carbons (Fsp3) is 0.857. The molecule has 3 nitrogen and oxygen atoms in total. The minimum absolute atomic E-state index is 0.202. The van der Waals surface area contributed by atoms with Crippen molar-refractivity contribution in [3.8, 4) is 0 Å². The molecule has 1 aliphatic rings. The van der Waals surface area contributed by atoms with Gasteiger partial charge in [0.2, 0.25) is 0 Å². The van der Waals surface area contributed by atoms with Crippen LogP contribution in [0.3, 0.4) is 0 Å². The monoisotopic (exact) mass is 241 g/mol. The zero-order valence-corrected chi connectivity index (χ0v) is 11.2. The summed E-state index contributed by atoms with van der Waals surface area (Å²) < 4.78 is 5.62. The van der Waals surface area contributed by atoms with Crippen LogP contribution >= 0.6 is 0 Å². The van der Waals surface area contributed by atoms with Crippen LogP contribution in [-0.2, 0) is 4.74 Å². The summed E-state index contributed by atoms with van der Waals surface area (Å²) in [5.41, 5.74) is 7.74. The van der Waals surface area contributed by atoms with Gasteiger partial charge in [0.1, 0.15) is 0 Å². The lowest BCUT2D eigenvalue weighted by Crippen LogP contribution is -2.27. The average molecular weight is 241 g/mol. The molecule has 0 heterocycles. The van der Waals surface area contributed by atoms with Gasteiger partial charge in [-0.15, -0.1) is 0 Å². The van der Waals surface area contributed by atoms with E-state index in [0.29, 0.717) is 5.70 Å². The molecule has 1 aliphatic carbocycles. The standard InChI is InChI=1S/C14H27NO2/c1-3-7-11(8-4-2)13(15)14(16)17-12-9-5-6-10-12/h12,14,16H,3-10,15H2,1-2H3. The maximum atomic E-state index is 10.00. The molecule has 0 radical (unpaired) electrons. The molecular formula is C14H27NO2. The minimum Gasteiger partial charge on any atom is -0.398 e. The summed E-state index contributed by atoms with van der Waals surface area (Å²) in [6.45, 7) is 4.26. The first kappa shape index (κ1) is 14.5. The predicted molar refractivity (Wildman–Crippen MR) is 70.4 cm³/mol. The molecule has 1 rings (SSSR count). The van der Waals surface area contributed by atoms with E-state index in [2.05, 4.69) is 13.8 Å². The average Bonchev–Trinajstić information content (AvgIpc) is 2.80. The highest BCUT2D eigenvalue weighted by atomic mass is 16.6. The van der Waals surface area contributed by atoms with Crippen molar-refractivity contribution < 1.29 is 9.84 Å². The summed E-state index contributed by atoms with van der Waals surface area (Å²) in [5, 5.41) is 10.00. The largest absolute Gasteiger partial charge is 0.398 e. The van der Waals surface area contributed by atoms with E-state index >= 15 is 0 Å². The first-order valence-corrected chi connectivity index (χ1v) is 6.99. The highest BCUT2D eigenvalue weighted by molar-refractivity contribution is 5.13. The van der Waals surface area contributed by atoms with E-state index in [1.165, 1.54) is 18.4 Å². The normalized spacial score (nSPS) is 18.3. The van der Waals surface area contributed by atoms with Gasteiger partial charge in [-0.25, -0.2) is 0 Å². The second kappa shape index (κ2) is 7.72. The van der Waals surface area contributed by atoms with Crippen molar-refractivity contribution in [2.24, 2.45) is 5.73 Å². The fourth-order valence-corrected chi connectivity index (χ4v) is 2.47. The van der Waals surface area contributed by atoms with Gasteiger partial charge in [0.25, 0.3) is 0 Å². The number of hydrogen-bond acceptors (Lipinski definition) is 3. The second-order valence-electron chi connectivity index (χ2n) is 4.95. The van der Waals surface area contributed by atoms with E-state index in [4.69, 9.17) is 10.5 Å². The zero-order valence-electron chi connectivity index (χ0n) is 11.2. The van der Waals surface area contributed by atoms with Gasteiger partial charge in [-0.05, 0) is 31.3 Å². The van der Waals surface area contributed by atoms with E-state index < -0.39 is 6.29 Å². The number of allylic oxidation sites excluding steroid dienone is 1. The molecule has 17 heavy (non-hydrogen) atoms. The Morgan fingerprint density at radius 1 is 1.24 bits per heavy atom. The van der Waals surface area contributed by atoms with Crippen LogP contribution in [0, 0.1) is 0 Å². The summed E-state index contributed by atoms with van der Waals surface area (Å²) in [4.78, 5) is 0. The fourth-order valence-electron chi connectivity index (χ4n) is 2.47. The predicted octanol–water partition coefficient (Wildman–Crippen LogP) is 3.08. The number of aliphatic hydroxyl groups excluding tert-OH is 1. The highest BCUT2D eigenvalue weighted by Crippen LogP contribution is 2.24. The maximum Gasteiger partial charge on any atom is 0.196 e. The van der Waals surface area contributed by atoms with Crippen molar-refractivity contribution in [1.82, 2.24) is 0 Å². The van der Waals surface area contributed by atoms with Crippen molar-refractivity contribution in [3.05, 3.63) is 11.3 Å². The lowest BCUT2D eigenvalue weighted by Gasteiger charge is -2.20. The van der Waals surface area contributed by atoms with Crippen LogP contribution in [0.25, 0.3) is 0 Å². The SMILES string of the molecule is CCCC(CCC)=C(N)C(O)OC1CCCC1. The van der Waals surface area contributed by atoms with Crippen molar-refractivity contribution >= 4 is 0 Å². The molecule has 3 N–H and O–H groups in total. The van der Waals surface area contributed by atoms with Gasteiger partial charge in [0.05, 0.1) is 11.8 Å². The molecule has 0 spiro atoms. The van der Waals surface area contributed by atoms with Gasteiger partial charge >= 0.3 is 0 Å². The Kier molecular flexibility index (Phi) is 6.60. The third kappa shape index (κ3) is 4.68. The first-order valence-electron chi connectivity index (χ1n) is 6.99. The van der Waals surface area contributed by atoms with Crippen LogP contribution in [-0.4, -0.2) is 17.5 Å². The van der Waals surface area contributed by atoms with Crippen LogP contribution in [0.4, 0.5) is 0 Å². The van der Waals surface area contributed by atoms with Gasteiger partial charge in [-0.1, -0.05) is 39.5 Å². The zero-order chi connectivity index (χ0) is 12.7. The van der Waals surface area contributed by atoms with Crippen LogP contribution in [0.5, 0.6) is 0 Å². The van der Waals surface area contributed by atoms with Crippen LogP contribution in [0.15, 0.2) is 11.3 Å². The number of hydrogen-bond donors (Lipinski definition) is 2. The molecule has 100 valence electrons. The Morgan fingerprint density at radius 3 is 2.24 bits per heavy atom. The molecule has 3 heteroatoms. The van der Waals surface area contributed by atoms with E-state index in [0.717, 1.165) is 38.5 Å². The second-order valence-corrected chi connectivity index (χ2v) is 4.95. The molecule has 1 atom stereocenters.